The first-order valence-corrected chi connectivity index (χ1v) is 12.5. The van der Waals surface area contributed by atoms with Crippen molar-refractivity contribution in [1.82, 2.24) is 4.90 Å². The summed E-state index contributed by atoms with van der Waals surface area (Å²) in [6.45, 7) is 8.30. The Balaban J connectivity index is 1.93. The number of rotatable bonds is 8. The normalized spacial score (nSPS) is 16.0. The zero-order valence-electron chi connectivity index (χ0n) is 19.8. The second-order valence-electron chi connectivity index (χ2n) is 7.53. The molecule has 0 spiro atoms. The lowest BCUT2D eigenvalue weighted by atomic mass is 10.1. The van der Waals surface area contributed by atoms with E-state index in [1.54, 1.807) is 49.3 Å². The molecule has 1 aliphatic rings. The SMILES string of the molecule is CCOC(=O)c1cccc(N=C2SC(=Cc3cc(Br)c(OC(C)C)c(OC)c3)C(=O)N2CC)c1. The van der Waals surface area contributed by atoms with Gasteiger partial charge in [-0.3, -0.25) is 9.69 Å². The molecule has 2 aromatic carbocycles. The molecule has 1 amide bonds. The number of methoxy groups -OCH3 is 1. The van der Waals surface area contributed by atoms with Gasteiger partial charge in [-0.15, -0.1) is 0 Å². The van der Waals surface area contributed by atoms with E-state index < -0.39 is 5.97 Å². The van der Waals surface area contributed by atoms with Gasteiger partial charge in [-0.25, -0.2) is 9.79 Å². The number of aliphatic imine (C=N–C) groups is 1. The number of carbonyl (C=O) groups excluding carboxylic acids is 2. The smallest absolute Gasteiger partial charge is 0.338 e. The fourth-order valence-corrected chi connectivity index (χ4v) is 4.84. The molecule has 1 heterocycles. The van der Waals surface area contributed by atoms with Gasteiger partial charge in [0.25, 0.3) is 5.91 Å². The van der Waals surface area contributed by atoms with Crippen LogP contribution in [-0.2, 0) is 9.53 Å². The van der Waals surface area contributed by atoms with Gasteiger partial charge in [-0.1, -0.05) is 6.07 Å². The van der Waals surface area contributed by atoms with Gasteiger partial charge in [-0.05, 0) is 97.4 Å². The van der Waals surface area contributed by atoms with Crippen LogP contribution in [0.2, 0.25) is 0 Å². The molecule has 7 nitrogen and oxygen atoms in total. The maximum atomic E-state index is 13.1. The molecule has 180 valence electrons. The molecule has 3 rings (SSSR count). The third kappa shape index (κ3) is 6.01. The van der Waals surface area contributed by atoms with E-state index in [9.17, 15) is 9.59 Å². The summed E-state index contributed by atoms with van der Waals surface area (Å²) in [6.07, 6.45) is 1.79. The van der Waals surface area contributed by atoms with Gasteiger partial charge in [0.1, 0.15) is 0 Å². The van der Waals surface area contributed by atoms with Crippen molar-refractivity contribution in [3.8, 4) is 11.5 Å². The maximum absolute atomic E-state index is 13.1. The topological polar surface area (TPSA) is 77.4 Å². The van der Waals surface area contributed by atoms with Crippen molar-refractivity contribution < 1.29 is 23.8 Å². The number of carbonyl (C=O) groups is 2. The Labute approximate surface area is 212 Å². The lowest BCUT2D eigenvalue weighted by molar-refractivity contribution is -0.122. The molecule has 1 aliphatic heterocycles. The average Bonchev–Trinajstić information content (AvgIpc) is 3.09. The van der Waals surface area contributed by atoms with Gasteiger partial charge in [0.15, 0.2) is 16.7 Å². The first-order valence-electron chi connectivity index (χ1n) is 10.9. The van der Waals surface area contributed by atoms with E-state index in [-0.39, 0.29) is 12.0 Å². The van der Waals surface area contributed by atoms with Gasteiger partial charge >= 0.3 is 5.97 Å². The minimum absolute atomic E-state index is 0.0133. The van der Waals surface area contributed by atoms with Crippen molar-refractivity contribution in [3.63, 3.8) is 0 Å². The summed E-state index contributed by atoms with van der Waals surface area (Å²) >= 11 is 4.83. The second-order valence-corrected chi connectivity index (χ2v) is 9.39. The highest BCUT2D eigenvalue weighted by molar-refractivity contribution is 9.10. The summed E-state index contributed by atoms with van der Waals surface area (Å²) in [6, 6.07) is 10.6. The average molecular weight is 547 g/mol. The molecule has 9 heteroatoms. The number of hydrogen-bond donors (Lipinski definition) is 0. The number of benzene rings is 2. The maximum Gasteiger partial charge on any atom is 0.338 e. The third-order valence-corrected chi connectivity index (χ3v) is 6.29. The zero-order valence-corrected chi connectivity index (χ0v) is 22.2. The Hall–Kier alpha value is -2.78. The monoisotopic (exact) mass is 546 g/mol. The van der Waals surface area contributed by atoms with Gasteiger partial charge in [0.05, 0.1) is 40.4 Å². The summed E-state index contributed by atoms with van der Waals surface area (Å²) in [4.78, 5) is 31.9. The Morgan fingerprint density at radius 2 is 2.00 bits per heavy atom. The predicted molar refractivity (Wildman–Crippen MR) is 139 cm³/mol. The third-order valence-electron chi connectivity index (χ3n) is 4.69. The van der Waals surface area contributed by atoms with E-state index >= 15 is 0 Å². The molecule has 0 aliphatic carbocycles. The van der Waals surface area contributed by atoms with Crippen LogP contribution in [0.5, 0.6) is 11.5 Å². The van der Waals surface area contributed by atoms with Crippen molar-refractivity contribution in [3.05, 3.63) is 56.9 Å². The van der Waals surface area contributed by atoms with Crippen LogP contribution in [0.15, 0.2) is 50.8 Å². The van der Waals surface area contributed by atoms with Crippen molar-refractivity contribution in [2.24, 2.45) is 4.99 Å². The van der Waals surface area contributed by atoms with Crippen molar-refractivity contribution >= 4 is 56.5 Å². The van der Waals surface area contributed by atoms with Crippen LogP contribution in [0.1, 0.15) is 43.6 Å². The van der Waals surface area contributed by atoms with Gasteiger partial charge < -0.3 is 14.2 Å². The predicted octanol–water partition coefficient (Wildman–Crippen LogP) is 6.05. The number of ether oxygens (including phenoxy) is 3. The summed E-state index contributed by atoms with van der Waals surface area (Å²) in [5.74, 6) is 0.647. The van der Waals surface area contributed by atoms with Crippen molar-refractivity contribution in [2.45, 2.75) is 33.8 Å². The first kappa shape index (κ1) is 25.8. The largest absolute Gasteiger partial charge is 0.493 e. The number of amides is 1. The standard InChI is InChI=1S/C25H27BrN2O5S/c1-6-28-23(29)21(13-16-11-19(26)22(33-15(3)4)20(12-16)31-5)34-25(28)27-18-10-8-9-17(14-18)24(30)32-7-2/h8-15H,6-7H2,1-5H3. The second kappa shape index (κ2) is 11.6. The van der Waals surface area contributed by atoms with E-state index in [0.29, 0.717) is 46.0 Å². The molecule has 1 saturated heterocycles. The minimum Gasteiger partial charge on any atom is -0.493 e. The van der Waals surface area contributed by atoms with E-state index in [1.807, 2.05) is 32.9 Å². The summed E-state index contributed by atoms with van der Waals surface area (Å²) < 4.78 is 17.1. The molecule has 0 unspecified atom stereocenters. The molecular weight excluding hydrogens is 520 g/mol. The van der Waals surface area contributed by atoms with Gasteiger partial charge in [-0.2, -0.15) is 0 Å². The number of amidine groups is 1. The first-order chi connectivity index (χ1) is 16.3. The fourth-order valence-electron chi connectivity index (χ4n) is 3.22. The number of esters is 1. The number of nitrogens with zero attached hydrogens (tertiary/aromatic N) is 2. The van der Waals surface area contributed by atoms with E-state index in [4.69, 9.17) is 14.2 Å². The van der Waals surface area contributed by atoms with Crippen molar-refractivity contribution in [2.75, 3.05) is 20.3 Å². The highest BCUT2D eigenvalue weighted by Gasteiger charge is 2.32. The number of halogens is 1. The van der Waals surface area contributed by atoms with Gasteiger partial charge in [0.2, 0.25) is 0 Å². The summed E-state index contributed by atoms with van der Waals surface area (Å²) in [7, 11) is 1.58. The van der Waals surface area contributed by atoms with Crippen LogP contribution in [0, 0.1) is 0 Å². The van der Waals surface area contributed by atoms with Crippen LogP contribution in [0.25, 0.3) is 6.08 Å². The number of hydrogen-bond acceptors (Lipinski definition) is 7. The van der Waals surface area contributed by atoms with E-state index in [0.717, 1.165) is 10.0 Å². The van der Waals surface area contributed by atoms with Crippen LogP contribution in [-0.4, -0.2) is 48.3 Å². The molecule has 0 bridgehead atoms. The number of likely N-dealkylation sites (N-methyl/N-ethyl adjacent to an activating group) is 1. The van der Waals surface area contributed by atoms with Crippen LogP contribution < -0.4 is 9.47 Å². The molecular formula is C25H27BrN2O5S. The van der Waals surface area contributed by atoms with Crippen LogP contribution in [0.4, 0.5) is 5.69 Å². The van der Waals surface area contributed by atoms with E-state index in [1.165, 1.54) is 11.8 Å². The van der Waals surface area contributed by atoms with Crippen LogP contribution >= 0.6 is 27.7 Å². The molecule has 0 N–H and O–H groups in total. The molecule has 0 aromatic heterocycles. The Bertz CT molecular complexity index is 1150. The summed E-state index contributed by atoms with van der Waals surface area (Å²) in [5.41, 5.74) is 1.77. The molecule has 2 aromatic rings. The van der Waals surface area contributed by atoms with Gasteiger partial charge in [0, 0.05) is 6.54 Å². The summed E-state index contributed by atoms with van der Waals surface area (Å²) in [5, 5.41) is 0.547. The molecule has 1 fully saturated rings. The highest BCUT2D eigenvalue weighted by atomic mass is 79.9. The van der Waals surface area contributed by atoms with Crippen LogP contribution in [0.3, 0.4) is 0 Å². The highest BCUT2D eigenvalue weighted by Crippen LogP contribution is 2.40. The molecule has 0 saturated carbocycles. The Morgan fingerprint density at radius 1 is 1.24 bits per heavy atom. The lowest BCUT2D eigenvalue weighted by Crippen LogP contribution is -2.28. The molecule has 0 atom stereocenters. The quantitative estimate of drug-likeness (QED) is 0.296. The Morgan fingerprint density at radius 3 is 2.65 bits per heavy atom. The van der Waals surface area contributed by atoms with E-state index in [2.05, 4.69) is 20.9 Å². The molecule has 34 heavy (non-hydrogen) atoms. The van der Waals surface area contributed by atoms with Crippen molar-refractivity contribution in [1.29, 1.82) is 0 Å². The minimum atomic E-state index is -0.406. The lowest BCUT2D eigenvalue weighted by Gasteiger charge is -2.16. The Kier molecular flexibility index (Phi) is 8.79. The zero-order chi connectivity index (χ0) is 24.8. The fraction of sp³-hybridized carbons (Fsp3) is 0.320. The number of thioether (sulfide) groups is 1. The molecule has 0 radical (unpaired) electrons.